The molecule has 5 nitrogen and oxygen atoms in total. The molecule has 0 saturated carbocycles. The molecule has 19 heavy (non-hydrogen) atoms. The molecule has 0 aromatic heterocycles. The van der Waals surface area contributed by atoms with E-state index in [-0.39, 0.29) is 12.4 Å². The lowest BCUT2D eigenvalue weighted by molar-refractivity contribution is -0.152. The number of hydrogen-bond acceptors (Lipinski definition) is 5. The predicted molar refractivity (Wildman–Crippen MR) is 69.4 cm³/mol. The highest BCUT2D eigenvalue weighted by Gasteiger charge is 2.16. The summed E-state index contributed by atoms with van der Waals surface area (Å²) in [6.45, 7) is 3.60. The Bertz CT molecular complexity index is 441. The number of Topliss-reactive ketones (excluding diaryl/α,β-unsaturated/α-hetero) is 1. The molecule has 5 heteroatoms. The minimum absolute atomic E-state index is 0.0548. The zero-order valence-electron chi connectivity index (χ0n) is 11.3. The van der Waals surface area contributed by atoms with Crippen molar-refractivity contribution in [3.05, 3.63) is 29.8 Å². The molecule has 0 N–H and O–H groups in total. The first-order chi connectivity index (χ1) is 9.04. The lowest BCUT2D eigenvalue weighted by Gasteiger charge is -2.14. The van der Waals surface area contributed by atoms with Crippen molar-refractivity contribution in [3.63, 3.8) is 0 Å². The molecule has 0 radical (unpaired) electrons. The van der Waals surface area contributed by atoms with Crippen molar-refractivity contribution < 1.29 is 23.8 Å². The molecule has 0 amide bonds. The molecule has 0 aliphatic carbocycles. The number of carbonyl (C=O) groups is 2. The Hall–Kier alpha value is -1.88. The van der Waals surface area contributed by atoms with Crippen molar-refractivity contribution in [2.45, 2.75) is 20.0 Å². The molecule has 1 aromatic carbocycles. The van der Waals surface area contributed by atoms with Crippen molar-refractivity contribution in [1.29, 1.82) is 0 Å². The van der Waals surface area contributed by atoms with E-state index in [4.69, 9.17) is 14.2 Å². The second kappa shape index (κ2) is 7.53. The van der Waals surface area contributed by atoms with Crippen LogP contribution in [0, 0.1) is 0 Å². The summed E-state index contributed by atoms with van der Waals surface area (Å²) in [5.74, 6) is -0.0602. The highest BCUT2D eigenvalue weighted by Crippen LogP contribution is 2.15. The smallest absolute Gasteiger partial charge is 0.347 e. The van der Waals surface area contributed by atoms with E-state index >= 15 is 0 Å². The zero-order valence-corrected chi connectivity index (χ0v) is 11.3. The molecule has 0 aliphatic heterocycles. The molecular formula is C14H18O5. The van der Waals surface area contributed by atoms with Crippen LogP contribution < -0.4 is 4.74 Å². The van der Waals surface area contributed by atoms with Gasteiger partial charge in [0, 0.05) is 12.7 Å². The van der Waals surface area contributed by atoms with Crippen molar-refractivity contribution >= 4 is 11.8 Å². The quantitative estimate of drug-likeness (QED) is 0.428. The second-order valence-corrected chi connectivity index (χ2v) is 4.00. The van der Waals surface area contributed by atoms with Gasteiger partial charge in [0.15, 0.2) is 11.9 Å². The van der Waals surface area contributed by atoms with Gasteiger partial charge < -0.3 is 14.2 Å². The summed E-state index contributed by atoms with van der Waals surface area (Å²) in [5, 5.41) is 0. The van der Waals surface area contributed by atoms with Gasteiger partial charge in [-0.15, -0.1) is 0 Å². The fourth-order valence-corrected chi connectivity index (χ4v) is 1.38. The largest absolute Gasteiger partial charge is 0.479 e. The maximum atomic E-state index is 11.6. The molecule has 1 atom stereocenters. The molecule has 104 valence electrons. The molecule has 0 fully saturated rings. The second-order valence-electron chi connectivity index (χ2n) is 4.00. The SMILES string of the molecule is COCCOC(=O)C(C)Oc1cccc(C(C)=O)c1. The van der Waals surface area contributed by atoms with Crippen LogP contribution in [-0.4, -0.2) is 38.2 Å². The fourth-order valence-electron chi connectivity index (χ4n) is 1.38. The molecule has 0 heterocycles. The summed E-state index contributed by atoms with van der Waals surface area (Å²) in [6, 6.07) is 6.68. The summed E-state index contributed by atoms with van der Waals surface area (Å²) in [7, 11) is 1.53. The van der Waals surface area contributed by atoms with Crippen LogP contribution in [0.25, 0.3) is 0 Å². The van der Waals surface area contributed by atoms with Crippen molar-refractivity contribution in [1.82, 2.24) is 0 Å². The summed E-state index contributed by atoms with van der Waals surface area (Å²) in [5.41, 5.74) is 0.539. The van der Waals surface area contributed by atoms with E-state index in [1.165, 1.54) is 14.0 Å². The third-order valence-electron chi connectivity index (χ3n) is 2.42. The molecule has 0 bridgehead atoms. The number of methoxy groups -OCH3 is 1. The van der Waals surface area contributed by atoms with Crippen molar-refractivity contribution in [2.75, 3.05) is 20.3 Å². The van der Waals surface area contributed by atoms with Crippen LogP contribution >= 0.6 is 0 Å². The Balaban J connectivity index is 2.56. The average molecular weight is 266 g/mol. The third-order valence-corrected chi connectivity index (χ3v) is 2.42. The van der Waals surface area contributed by atoms with E-state index in [1.807, 2.05) is 0 Å². The lowest BCUT2D eigenvalue weighted by atomic mass is 10.1. The van der Waals surface area contributed by atoms with Gasteiger partial charge in [-0.2, -0.15) is 0 Å². The number of esters is 1. The van der Waals surface area contributed by atoms with Gasteiger partial charge in [-0.1, -0.05) is 12.1 Å². The first-order valence-corrected chi connectivity index (χ1v) is 5.98. The van der Waals surface area contributed by atoms with Gasteiger partial charge in [-0.05, 0) is 26.0 Å². The van der Waals surface area contributed by atoms with E-state index in [2.05, 4.69) is 0 Å². The summed E-state index contributed by atoms with van der Waals surface area (Å²) >= 11 is 0. The zero-order chi connectivity index (χ0) is 14.3. The maximum absolute atomic E-state index is 11.6. The number of ketones is 1. The van der Waals surface area contributed by atoms with Gasteiger partial charge in [-0.25, -0.2) is 4.79 Å². The number of ether oxygens (including phenoxy) is 3. The van der Waals surface area contributed by atoms with E-state index in [1.54, 1.807) is 31.2 Å². The monoisotopic (exact) mass is 266 g/mol. The summed E-state index contributed by atoms with van der Waals surface area (Å²) < 4.78 is 15.1. The Labute approximate surface area is 112 Å². The van der Waals surface area contributed by atoms with Crippen LogP contribution in [0.15, 0.2) is 24.3 Å². The number of hydrogen-bond donors (Lipinski definition) is 0. The van der Waals surface area contributed by atoms with Gasteiger partial charge in [-0.3, -0.25) is 4.79 Å². The standard InChI is InChI=1S/C14H18O5/c1-10(15)12-5-4-6-13(9-12)19-11(2)14(16)18-8-7-17-3/h4-6,9,11H,7-8H2,1-3H3. The van der Waals surface area contributed by atoms with Crippen LogP contribution in [-0.2, 0) is 14.3 Å². The molecule has 1 unspecified atom stereocenters. The number of benzene rings is 1. The molecule has 1 rings (SSSR count). The first-order valence-electron chi connectivity index (χ1n) is 5.98. The third kappa shape index (κ3) is 5.09. The highest BCUT2D eigenvalue weighted by atomic mass is 16.6. The minimum Gasteiger partial charge on any atom is -0.479 e. The lowest BCUT2D eigenvalue weighted by Crippen LogP contribution is -2.27. The van der Waals surface area contributed by atoms with Gasteiger partial charge in [0.2, 0.25) is 0 Å². The summed E-state index contributed by atoms with van der Waals surface area (Å²) in [4.78, 5) is 22.8. The van der Waals surface area contributed by atoms with E-state index in [0.29, 0.717) is 17.9 Å². The van der Waals surface area contributed by atoms with Gasteiger partial charge >= 0.3 is 5.97 Å². The van der Waals surface area contributed by atoms with Crippen LogP contribution in [0.1, 0.15) is 24.2 Å². The first kappa shape index (κ1) is 15.2. The van der Waals surface area contributed by atoms with E-state index < -0.39 is 12.1 Å². The van der Waals surface area contributed by atoms with E-state index in [9.17, 15) is 9.59 Å². The average Bonchev–Trinajstić information content (AvgIpc) is 2.39. The summed E-state index contributed by atoms with van der Waals surface area (Å²) in [6.07, 6.45) is -0.737. The van der Waals surface area contributed by atoms with Crippen LogP contribution in [0.4, 0.5) is 0 Å². The maximum Gasteiger partial charge on any atom is 0.347 e. The number of rotatable bonds is 7. The molecule has 0 aliphatic rings. The molecule has 0 saturated heterocycles. The Morgan fingerprint density at radius 1 is 1.26 bits per heavy atom. The Kier molecular flexibility index (Phi) is 6.02. The highest BCUT2D eigenvalue weighted by molar-refractivity contribution is 5.94. The predicted octanol–water partition coefficient (Wildman–Crippen LogP) is 1.85. The molecule has 1 aromatic rings. The van der Waals surface area contributed by atoms with Crippen molar-refractivity contribution in [2.24, 2.45) is 0 Å². The van der Waals surface area contributed by atoms with Crippen molar-refractivity contribution in [3.8, 4) is 5.75 Å². The fraction of sp³-hybridized carbons (Fsp3) is 0.429. The van der Waals surface area contributed by atoms with Gasteiger partial charge in [0.05, 0.1) is 6.61 Å². The minimum atomic E-state index is -0.737. The Morgan fingerprint density at radius 3 is 2.63 bits per heavy atom. The van der Waals surface area contributed by atoms with Crippen LogP contribution in [0.5, 0.6) is 5.75 Å². The molecular weight excluding hydrogens is 248 g/mol. The number of carbonyl (C=O) groups excluding carboxylic acids is 2. The normalized spacial score (nSPS) is 11.7. The Morgan fingerprint density at radius 2 is 2.00 bits per heavy atom. The molecule has 0 spiro atoms. The topological polar surface area (TPSA) is 61.8 Å². The van der Waals surface area contributed by atoms with Crippen LogP contribution in [0.3, 0.4) is 0 Å². The van der Waals surface area contributed by atoms with Gasteiger partial charge in [0.25, 0.3) is 0 Å². The van der Waals surface area contributed by atoms with Crippen LogP contribution in [0.2, 0.25) is 0 Å². The van der Waals surface area contributed by atoms with E-state index in [0.717, 1.165) is 0 Å². The van der Waals surface area contributed by atoms with Gasteiger partial charge in [0.1, 0.15) is 12.4 Å².